The Labute approximate surface area is 194 Å². The van der Waals surface area contributed by atoms with E-state index in [-0.39, 0.29) is 17.6 Å². The number of nitrogens with one attached hydrogen (secondary N) is 2. The lowest BCUT2D eigenvalue weighted by molar-refractivity contribution is -0.153. The second-order valence-corrected chi connectivity index (χ2v) is 7.81. The van der Waals surface area contributed by atoms with E-state index in [2.05, 4.69) is 31.3 Å². The van der Waals surface area contributed by atoms with E-state index in [1.54, 1.807) is 0 Å². The predicted molar refractivity (Wildman–Crippen MR) is 124 cm³/mol. The van der Waals surface area contributed by atoms with Crippen LogP contribution in [0.2, 0.25) is 0 Å². The summed E-state index contributed by atoms with van der Waals surface area (Å²) >= 11 is 0. The van der Waals surface area contributed by atoms with E-state index in [1.807, 2.05) is 44.2 Å². The van der Waals surface area contributed by atoms with Crippen LogP contribution in [0.3, 0.4) is 0 Å². The number of ether oxygens (including phenoxy) is 1. The molecule has 34 heavy (non-hydrogen) atoms. The van der Waals surface area contributed by atoms with Crippen LogP contribution in [-0.4, -0.2) is 32.7 Å². The summed E-state index contributed by atoms with van der Waals surface area (Å²) in [5.41, 5.74) is 11.1. The van der Waals surface area contributed by atoms with Crippen LogP contribution in [0.15, 0.2) is 61.2 Å². The molecule has 176 valence electrons. The van der Waals surface area contributed by atoms with Crippen molar-refractivity contribution in [2.75, 3.05) is 17.7 Å². The van der Waals surface area contributed by atoms with E-state index in [4.69, 9.17) is 10.5 Å². The van der Waals surface area contributed by atoms with Crippen molar-refractivity contribution in [3.8, 4) is 28.0 Å². The summed E-state index contributed by atoms with van der Waals surface area (Å²) in [6, 6.07) is 13.3. The molecule has 0 bridgehead atoms. The maximum absolute atomic E-state index is 12.6. The molecule has 1 aromatic carbocycles. The molecule has 4 aromatic rings. The van der Waals surface area contributed by atoms with Crippen molar-refractivity contribution in [3.63, 3.8) is 0 Å². The Balaban J connectivity index is 1.66. The number of rotatable bonds is 7. The fourth-order valence-corrected chi connectivity index (χ4v) is 3.68. The van der Waals surface area contributed by atoms with Crippen LogP contribution in [0.25, 0.3) is 22.3 Å². The predicted octanol–water partition coefficient (Wildman–Crippen LogP) is 5.54. The number of aryl methyl sites for hydroxylation is 1. The maximum Gasteiger partial charge on any atom is 0.422 e. The summed E-state index contributed by atoms with van der Waals surface area (Å²) in [5, 5.41) is 3.35. The minimum Gasteiger partial charge on any atom is -0.482 e. The van der Waals surface area contributed by atoms with Gasteiger partial charge in [-0.2, -0.15) is 13.2 Å². The highest BCUT2D eigenvalue weighted by molar-refractivity contribution is 5.84. The molecule has 4 rings (SSSR count). The van der Waals surface area contributed by atoms with E-state index >= 15 is 0 Å². The molecule has 3 heterocycles. The van der Waals surface area contributed by atoms with Crippen LogP contribution in [-0.2, 0) is 0 Å². The lowest BCUT2D eigenvalue weighted by Crippen LogP contribution is -2.19. The van der Waals surface area contributed by atoms with Crippen molar-refractivity contribution in [2.24, 2.45) is 0 Å². The van der Waals surface area contributed by atoms with Crippen LogP contribution < -0.4 is 15.8 Å². The number of pyridine rings is 1. The van der Waals surface area contributed by atoms with Gasteiger partial charge >= 0.3 is 6.18 Å². The lowest BCUT2D eigenvalue weighted by atomic mass is 10.0. The summed E-state index contributed by atoms with van der Waals surface area (Å²) in [4.78, 5) is 15.8. The van der Waals surface area contributed by atoms with Crippen molar-refractivity contribution in [2.45, 2.75) is 26.1 Å². The first-order valence-electron chi connectivity index (χ1n) is 10.5. The molecule has 0 aliphatic heterocycles. The second kappa shape index (κ2) is 9.42. The Morgan fingerprint density at radius 2 is 1.85 bits per heavy atom. The van der Waals surface area contributed by atoms with Gasteiger partial charge in [0.25, 0.3) is 0 Å². The van der Waals surface area contributed by atoms with E-state index in [9.17, 15) is 13.2 Å². The molecule has 0 fully saturated rings. The summed E-state index contributed by atoms with van der Waals surface area (Å²) in [5.74, 6) is 0.537. The lowest BCUT2D eigenvalue weighted by Gasteiger charge is -2.19. The highest BCUT2D eigenvalue weighted by Gasteiger charge is 2.28. The minimum atomic E-state index is -4.46. The third-order valence-corrected chi connectivity index (χ3v) is 5.13. The summed E-state index contributed by atoms with van der Waals surface area (Å²) in [7, 11) is 0. The number of aromatic nitrogens is 4. The normalized spacial score (nSPS) is 12.4. The van der Waals surface area contributed by atoms with Gasteiger partial charge in [0.15, 0.2) is 6.61 Å². The first kappa shape index (κ1) is 23.1. The van der Waals surface area contributed by atoms with Gasteiger partial charge in [-0.1, -0.05) is 30.3 Å². The first-order valence-corrected chi connectivity index (χ1v) is 10.5. The molecule has 0 saturated heterocycles. The van der Waals surface area contributed by atoms with Gasteiger partial charge in [-0.25, -0.2) is 9.97 Å². The summed E-state index contributed by atoms with van der Waals surface area (Å²) in [6.07, 6.45) is -0.459. The van der Waals surface area contributed by atoms with Crippen LogP contribution in [0.5, 0.6) is 5.75 Å². The number of hydrogen-bond acceptors (Lipinski definition) is 6. The van der Waals surface area contributed by atoms with Gasteiger partial charge in [0.05, 0.1) is 17.8 Å². The zero-order valence-corrected chi connectivity index (χ0v) is 18.5. The van der Waals surface area contributed by atoms with E-state index in [1.165, 1.54) is 24.8 Å². The molecule has 0 aliphatic carbocycles. The summed E-state index contributed by atoms with van der Waals surface area (Å²) in [6.45, 7) is 2.53. The Kier molecular flexibility index (Phi) is 6.40. The Bertz CT molecular complexity index is 1270. The third kappa shape index (κ3) is 5.28. The number of benzene rings is 1. The number of nitrogens with two attached hydrogens (primary N) is 1. The van der Waals surface area contributed by atoms with Gasteiger partial charge in [-0.15, -0.1) is 0 Å². The van der Waals surface area contributed by atoms with E-state index in [0.29, 0.717) is 16.9 Å². The topological polar surface area (TPSA) is 102 Å². The molecule has 1 atom stereocenters. The van der Waals surface area contributed by atoms with Crippen LogP contribution in [0.1, 0.15) is 24.4 Å². The highest BCUT2D eigenvalue weighted by Crippen LogP contribution is 2.36. The smallest absolute Gasteiger partial charge is 0.422 e. The molecule has 0 aliphatic rings. The highest BCUT2D eigenvalue weighted by atomic mass is 19.4. The van der Waals surface area contributed by atoms with Crippen molar-refractivity contribution in [1.82, 2.24) is 19.9 Å². The quantitative estimate of drug-likeness (QED) is 0.329. The molecule has 1 unspecified atom stereocenters. The van der Waals surface area contributed by atoms with Gasteiger partial charge in [-0.05, 0) is 31.5 Å². The van der Waals surface area contributed by atoms with Gasteiger partial charge in [0.2, 0.25) is 0 Å². The Hall–Kier alpha value is -4.08. The number of nitrogen functional groups attached to an aromatic ring is 1. The molecule has 0 amide bonds. The molecule has 0 radical (unpaired) electrons. The number of alkyl halides is 3. The average molecular weight is 468 g/mol. The second-order valence-electron chi connectivity index (χ2n) is 7.81. The van der Waals surface area contributed by atoms with Crippen LogP contribution in [0, 0.1) is 6.92 Å². The van der Waals surface area contributed by atoms with Crippen LogP contribution in [0.4, 0.5) is 24.8 Å². The van der Waals surface area contributed by atoms with Crippen molar-refractivity contribution < 1.29 is 17.9 Å². The van der Waals surface area contributed by atoms with Gasteiger partial charge in [0.1, 0.15) is 23.7 Å². The molecular formula is C24H23F3N6O. The average Bonchev–Trinajstić information content (AvgIpc) is 3.20. The summed E-state index contributed by atoms with van der Waals surface area (Å²) < 4.78 is 42.5. The minimum absolute atomic E-state index is 0.0385. The molecule has 0 spiro atoms. The standard InChI is InChI=1S/C24H23F3N6O/c1-14-8-19(16-6-4-3-5-7-16)21(32-14)15(2)33-23-20(22(28)30-13-31-23)17-9-18(11-29-10-17)34-12-24(25,26)27/h3-11,13,15,32H,12H2,1-2H3,(H3,28,30,31,33). The molecule has 4 N–H and O–H groups in total. The van der Waals surface area contributed by atoms with Crippen molar-refractivity contribution in [1.29, 1.82) is 0 Å². The third-order valence-electron chi connectivity index (χ3n) is 5.13. The zero-order valence-electron chi connectivity index (χ0n) is 18.5. The van der Waals surface area contributed by atoms with Crippen molar-refractivity contribution in [3.05, 3.63) is 72.6 Å². The fourth-order valence-electron chi connectivity index (χ4n) is 3.68. The van der Waals surface area contributed by atoms with Gasteiger partial charge < -0.3 is 20.8 Å². The van der Waals surface area contributed by atoms with Crippen molar-refractivity contribution >= 4 is 11.6 Å². The van der Waals surface area contributed by atoms with Gasteiger partial charge in [-0.3, -0.25) is 4.98 Å². The number of aromatic amines is 1. The number of H-pyrrole nitrogens is 1. The number of nitrogens with zero attached hydrogens (tertiary/aromatic N) is 3. The first-order chi connectivity index (χ1) is 16.2. The number of anilines is 2. The van der Waals surface area contributed by atoms with E-state index < -0.39 is 12.8 Å². The van der Waals surface area contributed by atoms with Crippen LogP contribution >= 0.6 is 0 Å². The Morgan fingerprint density at radius 1 is 1.09 bits per heavy atom. The maximum atomic E-state index is 12.6. The Morgan fingerprint density at radius 3 is 2.59 bits per heavy atom. The molecule has 10 heteroatoms. The molecule has 3 aromatic heterocycles. The molecular weight excluding hydrogens is 445 g/mol. The number of hydrogen-bond donors (Lipinski definition) is 3. The van der Waals surface area contributed by atoms with Gasteiger partial charge in [0, 0.05) is 28.7 Å². The fraction of sp³-hybridized carbons (Fsp3) is 0.208. The molecule has 7 nitrogen and oxygen atoms in total. The SMILES string of the molecule is Cc1cc(-c2ccccc2)c(C(C)Nc2ncnc(N)c2-c2cncc(OCC(F)(F)F)c2)[nH]1. The monoisotopic (exact) mass is 468 g/mol. The van der Waals surface area contributed by atoms with E-state index in [0.717, 1.165) is 22.5 Å². The zero-order chi connectivity index (χ0) is 24.3. The number of halogens is 3. The largest absolute Gasteiger partial charge is 0.482 e. The molecule has 0 saturated carbocycles.